The molecule has 0 saturated carbocycles. The number of piperidine rings is 1. The van der Waals surface area contributed by atoms with E-state index in [0.29, 0.717) is 12.3 Å². The van der Waals surface area contributed by atoms with Crippen LogP contribution in [-0.2, 0) is 16.0 Å². The molecule has 3 rings (SSSR count). The van der Waals surface area contributed by atoms with E-state index in [1.165, 1.54) is 0 Å². The van der Waals surface area contributed by atoms with Crippen molar-refractivity contribution in [2.24, 2.45) is 5.92 Å². The standard InChI is InChI=1S/C20H24N2O3/c23-19(13-16-4-5-17-6-9-21-14-18(17)12-16)22-10-7-15(8-11-22)2-1-3-20(24)25/h4-6,9,12,14-15H,1-3,7-8,10-11,13H2,(H,24,25). The molecule has 0 atom stereocenters. The molecule has 2 aromatic rings. The SMILES string of the molecule is O=C(O)CCCC1CCN(C(=O)Cc2ccc3ccncc3c2)CC1. The molecule has 0 radical (unpaired) electrons. The highest BCUT2D eigenvalue weighted by Crippen LogP contribution is 2.23. The molecule has 2 heterocycles. The molecular weight excluding hydrogens is 316 g/mol. The summed E-state index contributed by atoms with van der Waals surface area (Å²) < 4.78 is 0. The highest BCUT2D eigenvalue weighted by atomic mass is 16.4. The van der Waals surface area contributed by atoms with Crippen LogP contribution in [0.3, 0.4) is 0 Å². The van der Waals surface area contributed by atoms with E-state index in [1.807, 2.05) is 35.4 Å². The molecule has 1 fully saturated rings. The lowest BCUT2D eigenvalue weighted by molar-refractivity contribution is -0.137. The molecule has 1 aliphatic heterocycles. The lowest BCUT2D eigenvalue weighted by Crippen LogP contribution is -2.39. The number of hydrogen-bond donors (Lipinski definition) is 1. The molecule has 0 bridgehead atoms. The van der Waals surface area contributed by atoms with Crippen molar-refractivity contribution in [2.45, 2.75) is 38.5 Å². The second-order valence-corrected chi connectivity index (χ2v) is 6.84. The van der Waals surface area contributed by atoms with Crippen molar-refractivity contribution in [1.29, 1.82) is 0 Å². The van der Waals surface area contributed by atoms with Crippen molar-refractivity contribution in [3.05, 3.63) is 42.2 Å². The van der Waals surface area contributed by atoms with Crippen LogP contribution in [0, 0.1) is 5.92 Å². The number of carbonyl (C=O) groups excluding carboxylic acids is 1. The third-order valence-electron chi connectivity index (χ3n) is 5.03. The summed E-state index contributed by atoms with van der Waals surface area (Å²) in [5, 5.41) is 10.9. The Morgan fingerprint density at radius 2 is 1.96 bits per heavy atom. The zero-order valence-corrected chi connectivity index (χ0v) is 14.4. The third-order valence-corrected chi connectivity index (χ3v) is 5.03. The molecule has 0 aliphatic carbocycles. The predicted octanol–water partition coefficient (Wildman–Crippen LogP) is 3.27. The highest BCUT2D eigenvalue weighted by molar-refractivity contribution is 5.84. The van der Waals surface area contributed by atoms with Crippen molar-refractivity contribution >= 4 is 22.6 Å². The van der Waals surface area contributed by atoms with Crippen LogP contribution in [0.5, 0.6) is 0 Å². The second-order valence-electron chi connectivity index (χ2n) is 6.84. The van der Waals surface area contributed by atoms with Gasteiger partial charge in [0.2, 0.25) is 5.91 Å². The molecule has 1 N–H and O–H groups in total. The van der Waals surface area contributed by atoms with Gasteiger partial charge in [-0.25, -0.2) is 0 Å². The van der Waals surface area contributed by atoms with E-state index in [2.05, 4.69) is 4.98 Å². The number of fused-ring (bicyclic) bond motifs is 1. The number of aliphatic carboxylic acids is 1. The van der Waals surface area contributed by atoms with E-state index in [0.717, 1.165) is 55.1 Å². The van der Waals surface area contributed by atoms with Crippen molar-refractivity contribution in [3.63, 3.8) is 0 Å². The maximum absolute atomic E-state index is 12.5. The van der Waals surface area contributed by atoms with Crippen LogP contribution in [0.2, 0.25) is 0 Å². The number of amides is 1. The maximum Gasteiger partial charge on any atom is 0.303 e. The molecule has 0 spiro atoms. The first-order valence-electron chi connectivity index (χ1n) is 8.94. The Bertz CT molecular complexity index is 751. The Morgan fingerprint density at radius 3 is 2.72 bits per heavy atom. The first-order valence-corrected chi connectivity index (χ1v) is 8.94. The number of carbonyl (C=O) groups is 2. The minimum Gasteiger partial charge on any atom is -0.481 e. The molecule has 5 heteroatoms. The van der Waals surface area contributed by atoms with Gasteiger partial charge in [0.05, 0.1) is 6.42 Å². The molecule has 1 aromatic heterocycles. The minimum absolute atomic E-state index is 0.173. The predicted molar refractivity (Wildman–Crippen MR) is 96.2 cm³/mol. The number of carboxylic acid groups (broad SMARTS) is 1. The summed E-state index contributed by atoms with van der Waals surface area (Å²) >= 11 is 0. The fourth-order valence-electron chi connectivity index (χ4n) is 3.54. The summed E-state index contributed by atoms with van der Waals surface area (Å²) in [6, 6.07) is 8.06. The molecule has 25 heavy (non-hydrogen) atoms. The van der Waals surface area contributed by atoms with Gasteiger partial charge in [0.15, 0.2) is 0 Å². The smallest absolute Gasteiger partial charge is 0.303 e. The first-order chi connectivity index (χ1) is 12.1. The van der Waals surface area contributed by atoms with Crippen LogP contribution < -0.4 is 0 Å². The number of carboxylic acids is 1. The third kappa shape index (κ3) is 4.78. The number of nitrogens with zero attached hydrogens (tertiary/aromatic N) is 2. The fraction of sp³-hybridized carbons (Fsp3) is 0.450. The monoisotopic (exact) mass is 340 g/mol. The quantitative estimate of drug-likeness (QED) is 0.876. The lowest BCUT2D eigenvalue weighted by atomic mass is 9.91. The minimum atomic E-state index is -0.724. The average molecular weight is 340 g/mol. The summed E-state index contributed by atoms with van der Waals surface area (Å²) in [5.41, 5.74) is 1.02. The van der Waals surface area contributed by atoms with Crippen molar-refractivity contribution in [1.82, 2.24) is 9.88 Å². The molecule has 1 aromatic carbocycles. The van der Waals surface area contributed by atoms with Crippen molar-refractivity contribution < 1.29 is 14.7 Å². The van der Waals surface area contributed by atoms with E-state index in [-0.39, 0.29) is 12.3 Å². The summed E-state index contributed by atoms with van der Waals surface area (Å²) in [6.45, 7) is 1.57. The lowest BCUT2D eigenvalue weighted by Gasteiger charge is -2.32. The molecule has 1 amide bonds. The molecule has 1 aliphatic rings. The Kier molecular flexibility index (Phi) is 5.64. The van der Waals surface area contributed by atoms with Gasteiger partial charge < -0.3 is 10.0 Å². The molecule has 1 saturated heterocycles. The van der Waals surface area contributed by atoms with Crippen LogP contribution in [-0.4, -0.2) is 40.0 Å². The van der Waals surface area contributed by atoms with Crippen molar-refractivity contribution in [3.8, 4) is 0 Å². The van der Waals surface area contributed by atoms with Crippen LogP contribution in [0.1, 0.15) is 37.7 Å². The highest BCUT2D eigenvalue weighted by Gasteiger charge is 2.22. The van der Waals surface area contributed by atoms with Crippen LogP contribution in [0.15, 0.2) is 36.7 Å². The Balaban J connectivity index is 1.49. The van der Waals surface area contributed by atoms with E-state index in [9.17, 15) is 9.59 Å². The van der Waals surface area contributed by atoms with Gasteiger partial charge in [-0.2, -0.15) is 0 Å². The van der Waals surface area contributed by atoms with Gasteiger partial charge in [-0.1, -0.05) is 12.1 Å². The van der Waals surface area contributed by atoms with Gasteiger partial charge in [-0.3, -0.25) is 14.6 Å². The number of aromatic nitrogens is 1. The molecule has 5 nitrogen and oxygen atoms in total. The number of benzene rings is 1. The zero-order valence-electron chi connectivity index (χ0n) is 14.4. The zero-order chi connectivity index (χ0) is 17.6. The Labute approximate surface area is 147 Å². The van der Waals surface area contributed by atoms with Crippen LogP contribution in [0.4, 0.5) is 0 Å². The van der Waals surface area contributed by atoms with Crippen molar-refractivity contribution in [2.75, 3.05) is 13.1 Å². The van der Waals surface area contributed by atoms with Crippen LogP contribution in [0.25, 0.3) is 10.8 Å². The summed E-state index contributed by atoms with van der Waals surface area (Å²) in [7, 11) is 0. The second kappa shape index (κ2) is 8.10. The summed E-state index contributed by atoms with van der Waals surface area (Å²) in [4.78, 5) is 29.2. The van der Waals surface area contributed by atoms with Gasteiger partial charge in [0.25, 0.3) is 0 Å². The van der Waals surface area contributed by atoms with Gasteiger partial charge >= 0.3 is 5.97 Å². The van der Waals surface area contributed by atoms with E-state index in [4.69, 9.17) is 5.11 Å². The average Bonchev–Trinajstić information content (AvgIpc) is 2.62. The summed E-state index contributed by atoms with van der Waals surface area (Å²) in [6.07, 6.45) is 7.91. The van der Waals surface area contributed by atoms with Gasteiger partial charge in [0.1, 0.15) is 0 Å². The maximum atomic E-state index is 12.5. The van der Waals surface area contributed by atoms with E-state index in [1.54, 1.807) is 6.20 Å². The fourth-order valence-corrected chi connectivity index (χ4v) is 3.54. The molecule has 0 unspecified atom stereocenters. The summed E-state index contributed by atoms with van der Waals surface area (Å²) in [5.74, 6) is 0.000526. The topological polar surface area (TPSA) is 70.5 Å². The first kappa shape index (κ1) is 17.4. The van der Waals surface area contributed by atoms with Gasteiger partial charge in [0, 0.05) is 37.3 Å². The number of hydrogen-bond acceptors (Lipinski definition) is 3. The normalized spacial score (nSPS) is 15.4. The van der Waals surface area contributed by atoms with E-state index >= 15 is 0 Å². The molecule has 132 valence electrons. The van der Waals surface area contributed by atoms with Gasteiger partial charge in [-0.05, 0) is 54.7 Å². The van der Waals surface area contributed by atoms with E-state index < -0.39 is 5.97 Å². The largest absolute Gasteiger partial charge is 0.481 e. The number of likely N-dealkylation sites (tertiary alicyclic amines) is 1. The Morgan fingerprint density at radius 1 is 1.16 bits per heavy atom. The van der Waals surface area contributed by atoms with Gasteiger partial charge in [-0.15, -0.1) is 0 Å². The Hall–Kier alpha value is -2.43. The number of pyridine rings is 1. The number of rotatable bonds is 6. The van der Waals surface area contributed by atoms with Crippen LogP contribution >= 0.6 is 0 Å². The molecular formula is C20H24N2O3.